The molecule has 0 radical (unpaired) electrons. The smallest absolute Gasteiger partial charge is 0.232 e. The molecule has 1 aliphatic heterocycles. The van der Waals surface area contributed by atoms with Crippen molar-refractivity contribution in [1.82, 2.24) is 26.5 Å². The zero-order valence-electron chi connectivity index (χ0n) is 13.0. The van der Waals surface area contributed by atoms with Crippen LogP contribution in [0.4, 0.5) is 5.82 Å². The third-order valence-corrected chi connectivity index (χ3v) is 3.85. The third kappa shape index (κ3) is 2.14. The zero-order chi connectivity index (χ0) is 16.8. The van der Waals surface area contributed by atoms with E-state index in [4.69, 9.17) is 10.2 Å². The van der Waals surface area contributed by atoms with Gasteiger partial charge in [-0.2, -0.15) is 4.98 Å². The van der Waals surface area contributed by atoms with Crippen molar-refractivity contribution in [2.24, 2.45) is 5.10 Å². The molecule has 0 unspecified atom stereocenters. The molecule has 0 amide bonds. The molecular weight excluding hydrogens is 310 g/mol. The van der Waals surface area contributed by atoms with E-state index in [0.29, 0.717) is 27.8 Å². The van der Waals surface area contributed by atoms with E-state index in [-0.39, 0.29) is 22.9 Å². The second kappa shape index (κ2) is 5.17. The van der Waals surface area contributed by atoms with Crippen LogP contribution in [0.1, 0.15) is 31.0 Å². The highest BCUT2D eigenvalue weighted by atomic mass is 16.3. The van der Waals surface area contributed by atoms with Crippen LogP contribution in [0.5, 0.6) is 0 Å². The SMILES string of the molecule is CC(C)c1cc2c(=O)c3cc(C4=NNNN4)c(N)nc3oc2cn1. The maximum Gasteiger partial charge on any atom is 0.232 e. The number of amidine groups is 1. The molecule has 9 heteroatoms. The molecule has 9 nitrogen and oxygen atoms in total. The number of hydrogen-bond acceptors (Lipinski definition) is 9. The number of nitrogens with one attached hydrogen (secondary N) is 3. The first kappa shape index (κ1) is 14.4. The lowest BCUT2D eigenvalue weighted by Crippen LogP contribution is -2.35. The van der Waals surface area contributed by atoms with Crippen LogP contribution >= 0.6 is 0 Å². The summed E-state index contributed by atoms with van der Waals surface area (Å²) in [6, 6.07) is 3.38. The number of nitrogens with two attached hydrogens (primary N) is 1. The molecule has 0 bridgehead atoms. The van der Waals surface area contributed by atoms with Crippen LogP contribution in [-0.4, -0.2) is 15.8 Å². The highest BCUT2D eigenvalue weighted by Gasteiger charge is 2.18. The number of rotatable bonds is 2. The third-order valence-electron chi connectivity index (χ3n) is 3.85. The average Bonchev–Trinajstić information content (AvgIpc) is 3.08. The van der Waals surface area contributed by atoms with E-state index >= 15 is 0 Å². The molecule has 1 aliphatic rings. The average molecular weight is 325 g/mol. The van der Waals surface area contributed by atoms with Crippen LogP contribution in [-0.2, 0) is 0 Å². The number of anilines is 1. The van der Waals surface area contributed by atoms with Gasteiger partial charge in [0.25, 0.3) is 0 Å². The zero-order valence-corrected chi connectivity index (χ0v) is 13.0. The van der Waals surface area contributed by atoms with Crippen LogP contribution in [0.3, 0.4) is 0 Å². The van der Waals surface area contributed by atoms with Crippen molar-refractivity contribution in [3.05, 3.63) is 39.8 Å². The fraction of sp³-hybridized carbons (Fsp3) is 0.200. The summed E-state index contributed by atoms with van der Waals surface area (Å²) in [6.07, 6.45) is 1.55. The van der Waals surface area contributed by atoms with E-state index < -0.39 is 0 Å². The van der Waals surface area contributed by atoms with Crippen LogP contribution in [0.25, 0.3) is 22.1 Å². The van der Waals surface area contributed by atoms with Gasteiger partial charge in [0.1, 0.15) is 5.82 Å². The van der Waals surface area contributed by atoms with Gasteiger partial charge in [-0.15, -0.1) is 10.6 Å². The summed E-state index contributed by atoms with van der Waals surface area (Å²) < 4.78 is 5.72. The Morgan fingerprint density at radius 1 is 1.25 bits per heavy atom. The van der Waals surface area contributed by atoms with Crippen molar-refractivity contribution in [2.45, 2.75) is 19.8 Å². The van der Waals surface area contributed by atoms with Gasteiger partial charge in [-0.3, -0.25) is 15.2 Å². The van der Waals surface area contributed by atoms with Crippen LogP contribution in [0.15, 0.2) is 32.6 Å². The fourth-order valence-electron chi connectivity index (χ4n) is 2.55. The van der Waals surface area contributed by atoms with Gasteiger partial charge in [-0.25, -0.2) is 5.53 Å². The monoisotopic (exact) mass is 325 g/mol. The Labute approximate surface area is 135 Å². The number of pyridine rings is 2. The number of nitrogen functional groups attached to an aromatic ring is 1. The van der Waals surface area contributed by atoms with Gasteiger partial charge in [0.05, 0.1) is 22.5 Å². The maximum atomic E-state index is 12.9. The van der Waals surface area contributed by atoms with Crippen molar-refractivity contribution < 1.29 is 4.42 Å². The predicted octanol–water partition coefficient (Wildman–Crippen LogP) is 0.716. The molecule has 0 aliphatic carbocycles. The Bertz CT molecular complexity index is 1060. The van der Waals surface area contributed by atoms with Gasteiger partial charge in [-0.05, 0) is 18.1 Å². The first-order valence-electron chi connectivity index (χ1n) is 7.41. The van der Waals surface area contributed by atoms with Gasteiger partial charge < -0.3 is 10.2 Å². The minimum Gasteiger partial charge on any atom is -0.436 e. The van der Waals surface area contributed by atoms with E-state index in [9.17, 15) is 4.79 Å². The van der Waals surface area contributed by atoms with Gasteiger partial charge in [0.2, 0.25) is 11.1 Å². The summed E-state index contributed by atoms with van der Waals surface area (Å²) in [5.74, 6) is 0.853. The first-order valence-corrected chi connectivity index (χ1v) is 7.41. The van der Waals surface area contributed by atoms with Crippen LogP contribution in [0.2, 0.25) is 0 Å². The fourth-order valence-corrected chi connectivity index (χ4v) is 2.55. The Morgan fingerprint density at radius 3 is 2.79 bits per heavy atom. The van der Waals surface area contributed by atoms with Gasteiger partial charge in [0.15, 0.2) is 11.4 Å². The summed E-state index contributed by atoms with van der Waals surface area (Å²) in [7, 11) is 0. The molecule has 3 aromatic heterocycles. The molecule has 0 aromatic carbocycles. The number of fused-ring (bicyclic) bond motifs is 2. The number of hydrazine groups is 2. The molecular formula is C15H15N7O2. The maximum absolute atomic E-state index is 12.9. The lowest BCUT2D eigenvalue weighted by atomic mass is 10.1. The molecule has 4 heterocycles. The number of nitrogens with zero attached hydrogens (tertiary/aromatic N) is 3. The van der Waals surface area contributed by atoms with E-state index in [2.05, 4.69) is 31.6 Å². The van der Waals surface area contributed by atoms with E-state index in [1.807, 2.05) is 13.8 Å². The Hall–Kier alpha value is -3.20. The van der Waals surface area contributed by atoms with Crippen LogP contribution < -0.4 is 27.7 Å². The summed E-state index contributed by atoms with van der Waals surface area (Å²) >= 11 is 0. The highest BCUT2D eigenvalue weighted by molar-refractivity contribution is 6.05. The second-order valence-corrected chi connectivity index (χ2v) is 5.79. The minimum atomic E-state index is -0.177. The van der Waals surface area contributed by atoms with E-state index in [1.54, 1.807) is 18.3 Å². The van der Waals surface area contributed by atoms with Crippen molar-refractivity contribution >= 4 is 33.7 Å². The summed E-state index contributed by atoms with van der Waals surface area (Å²) in [5.41, 5.74) is 15.6. The molecule has 0 spiro atoms. The first-order chi connectivity index (χ1) is 11.5. The van der Waals surface area contributed by atoms with E-state index in [0.717, 1.165) is 5.69 Å². The molecule has 0 fully saturated rings. The summed E-state index contributed by atoms with van der Waals surface area (Å²) in [4.78, 5) is 21.4. The lowest BCUT2D eigenvalue weighted by molar-refractivity contribution is 0.577. The van der Waals surface area contributed by atoms with E-state index in [1.165, 1.54) is 0 Å². The van der Waals surface area contributed by atoms with Crippen molar-refractivity contribution in [3.63, 3.8) is 0 Å². The van der Waals surface area contributed by atoms with Crippen molar-refractivity contribution in [1.29, 1.82) is 0 Å². The normalized spacial score (nSPS) is 14.0. The number of aromatic nitrogens is 2. The van der Waals surface area contributed by atoms with Gasteiger partial charge >= 0.3 is 0 Å². The lowest BCUT2D eigenvalue weighted by Gasteiger charge is -2.08. The van der Waals surface area contributed by atoms with Crippen molar-refractivity contribution in [2.75, 3.05) is 5.73 Å². The highest BCUT2D eigenvalue weighted by Crippen LogP contribution is 2.22. The second-order valence-electron chi connectivity index (χ2n) is 5.79. The van der Waals surface area contributed by atoms with Gasteiger partial charge in [-0.1, -0.05) is 13.8 Å². The molecule has 0 saturated carbocycles. The number of hydrazone groups is 1. The molecule has 122 valence electrons. The topological polar surface area (TPSA) is 130 Å². The quantitative estimate of drug-likeness (QED) is 0.507. The molecule has 4 rings (SSSR count). The summed E-state index contributed by atoms with van der Waals surface area (Å²) in [5, 5.41) is 4.79. The standard InChI is InChI=1S/C15H15N7O2/c1-6(2)10-4-7-11(5-17-10)24-15-8(12(7)23)3-9(13(16)18-15)14-19-21-22-20-14/h3-6,21-22H,1-2H3,(H2,16,18)(H,19,20). The Morgan fingerprint density at radius 2 is 2.08 bits per heavy atom. The largest absolute Gasteiger partial charge is 0.436 e. The molecule has 5 N–H and O–H groups in total. The minimum absolute atomic E-state index is 0.173. The summed E-state index contributed by atoms with van der Waals surface area (Å²) in [6.45, 7) is 4.03. The molecule has 3 aromatic rings. The predicted molar refractivity (Wildman–Crippen MR) is 90.0 cm³/mol. The molecule has 0 atom stereocenters. The molecule has 24 heavy (non-hydrogen) atoms. The molecule has 0 saturated heterocycles. The van der Waals surface area contributed by atoms with Crippen LogP contribution in [0, 0.1) is 0 Å². The number of hydrogen-bond donors (Lipinski definition) is 4. The van der Waals surface area contributed by atoms with Gasteiger partial charge in [0, 0.05) is 5.69 Å². The Kier molecular flexibility index (Phi) is 3.10. The van der Waals surface area contributed by atoms with Crippen molar-refractivity contribution in [3.8, 4) is 0 Å². The Balaban J connectivity index is 2.02.